The van der Waals surface area contributed by atoms with E-state index in [0.717, 1.165) is 5.56 Å². The van der Waals surface area contributed by atoms with E-state index in [1.165, 1.54) is 7.11 Å². The first-order chi connectivity index (χ1) is 8.17. The normalized spacial score (nSPS) is 10.4. The summed E-state index contributed by atoms with van der Waals surface area (Å²) in [5.74, 6) is 0.424. The Kier molecular flexibility index (Phi) is 5.42. The van der Waals surface area contributed by atoms with Crippen LogP contribution >= 0.6 is 0 Å². The first kappa shape index (κ1) is 13.4. The summed E-state index contributed by atoms with van der Waals surface area (Å²) in [5, 5.41) is 0. The van der Waals surface area contributed by atoms with Gasteiger partial charge in [0.1, 0.15) is 0 Å². The highest BCUT2D eigenvalue weighted by Crippen LogP contribution is 2.15. The van der Waals surface area contributed by atoms with E-state index in [-0.39, 0.29) is 5.97 Å². The summed E-state index contributed by atoms with van der Waals surface area (Å²) in [6.07, 6.45) is 2.08. The molecule has 0 spiro atoms. The second kappa shape index (κ2) is 6.85. The molecule has 0 aliphatic rings. The highest BCUT2D eigenvalue weighted by Gasteiger charge is 2.08. The van der Waals surface area contributed by atoms with E-state index in [9.17, 15) is 4.79 Å². The van der Waals surface area contributed by atoms with E-state index in [0.29, 0.717) is 25.4 Å². The van der Waals surface area contributed by atoms with Crippen molar-refractivity contribution in [2.45, 2.75) is 13.0 Å². The molecule has 0 fully saturated rings. The van der Waals surface area contributed by atoms with Gasteiger partial charge in [-0.25, -0.2) is 4.98 Å². The van der Waals surface area contributed by atoms with Crippen LogP contribution in [0.4, 0.5) is 0 Å². The summed E-state index contributed by atoms with van der Waals surface area (Å²) in [5.41, 5.74) is 1.00. The maximum absolute atomic E-state index is 11.0. The van der Waals surface area contributed by atoms with Crippen LogP contribution in [0, 0.1) is 0 Å². The molecule has 1 heterocycles. The SMILES string of the molecule is COC(=O)CCN(C)Cc1cccnc1OC. The van der Waals surface area contributed by atoms with E-state index in [1.54, 1.807) is 13.3 Å². The van der Waals surface area contributed by atoms with E-state index in [1.807, 2.05) is 24.1 Å². The van der Waals surface area contributed by atoms with Crippen molar-refractivity contribution in [3.8, 4) is 5.88 Å². The first-order valence-electron chi connectivity index (χ1n) is 5.40. The standard InChI is InChI=1S/C12H18N2O3/c1-14(8-6-11(15)16-2)9-10-5-4-7-13-12(10)17-3/h4-5,7H,6,8-9H2,1-3H3. The van der Waals surface area contributed by atoms with Gasteiger partial charge < -0.3 is 14.4 Å². The van der Waals surface area contributed by atoms with Gasteiger partial charge in [-0.05, 0) is 13.1 Å². The van der Waals surface area contributed by atoms with Crippen LogP contribution in [0.25, 0.3) is 0 Å². The zero-order chi connectivity index (χ0) is 12.7. The third-order valence-electron chi connectivity index (χ3n) is 2.41. The van der Waals surface area contributed by atoms with Gasteiger partial charge in [0.15, 0.2) is 0 Å². The van der Waals surface area contributed by atoms with E-state index >= 15 is 0 Å². The molecule has 1 aromatic heterocycles. The number of pyridine rings is 1. The van der Waals surface area contributed by atoms with Crippen molar-refractivity contribution in [1.29, 1.82) is 0 Å². The van der Waals surface area contributed by atoms with Crippen molar-refractivity contribution in [2.75, 3.05) is 27.8 Å². The van der Waals surface area contributed by atoms with Crippen LogP contribution in [-0.2, 0) is 16.1 Å². The molecule has 0 aliphatic heterocycles. The lowest BCUT2D eigenvalue weighted by molar-refractivity contribution is -0.140. The van der Waals surface area contributed by atoms with E-state index in [4.69, 9.17) is 4.74 Å². The molecule has 1 rings (SSSR count). The van der Waals surface area contributed by atoms with Crippen LogP contribution in [0.5, 0.6) is 5.88 Å². The smallest absolute Gasteiger partial charge is 0.306 e. The Morgan fingerprint density at radius 3 is 2.88 bits per heavy atom. The average Bonchev–Trinajstić information content (AvgIpc) is 2.36. The Hall–Kier alpha value is -1.62. The van der Waals surface area contributed by atoms with Gasteiger partial charge in [-0.3, -0.25) is 4.79 Å². The van der Waals surface area contributed by atoms with Crippen molar-refractivity contribution in [1.82, 2.24) is 9.88 Å². The summed E-state index contributed by atoms with van der Waals surface area (Å²) >= 11 is 0. The van der Waals surface area contributed by atoms with E-state index < -0.39 is 0 Å². The Morgan fingerprint density at radius 2 is 2.24 bits per heavy atom. The molecular weight excluding hydrogens is 220 g/mol. The molecule has 0 bridgehead atoms. The van der Waals surface area contributed by atoms with Crippen LogP contribution in [0.2, 0.25) is 0 Å². The number of esters is 1. The molecule has 0 N–H and O–H groups in total. The lowest BCUT2D eigenvalue weighted by Gasteiger charge is -2.16. The fraction of sp³-hybridized carbons (Fsp3) is 0.500. The topological polar surface area (TPSA) is 51.7 Å². The van der Waals surface area contributed by atoms with E-state index in [2.05, 4.69) is 9.72 Å². The highest BCUT2D eigenvalue weighted by atomic mass is 16.5. The maximum atomic E-state index is 11.0. The van der Waals surface area contributed by atoms with Gasteiger partial charge in [0.25, 0.3) is 0 Å². The number of methoxy groups -OCH3 is 2. The molecule has 17 heavy (non-hydrogen) atoms. The molecule has 0 radical (unpaired) electrons. The zero-order valence-electron chi connectivity index (χ0n) is 10.5. The molecule has 0 saturated heterocycles. The van der Waals surface area contributed by atoms with Crippen LogP contribution in [0.3, 0.4) is 0 Å². The number of hydrogen-bond acceptors (Lipinski definition) is 5. The number of carbonyl (C=O) groups is 1. The van der Waals surface area contributed by atoms with Crippen molar-refractivity contribution in [3.05, 3.63) is 23.9 Å². The minimum Gasteiger partial charge on any atom is -0.481 e. The van der Waals surface area contributed by atoms with Crippen molar-refractivity contribution >= 4 is 5.97 Å². The molecule has 0 saturated carbocycles. The first-order valence-corrected chi connectivity index (χ1v) is 5.40. The fourth-order valence-electron chi connectivity index (χ4n) is 1.48. The van der Waals surface area contributed by atoms with Gasteiger partial charge in [0, 0.05) is 24.8 Å². The van der Waals surface area contributed by atoms with Crippen LogP contribution < -0.4 is 4.74 Å². The quantitative estimate of drug-likeness (QED) is 0.694. The largest absolute Gasteiger partial charge is 0.481 e. The Labute approximate surface area is 101 Å². The zero-order valence-corrected chi connectivity index (χ0v) is 10.5. The molecule has 1 aromatic rings. The van der Waals surface area contributed by atoms with Crippen molar-refractivity contribution < 1.29 is 14.3 Å². The summed E-state index contributed by atoms with van der Waals surface area (Å²) in [6, 6.07) is 3.83. The number of aromatic nitrogens is 1. The minimum atomic E-state index is -0.199. The minimum absolute atomic E-state index is 0.199. The highest BCUT2D eigenvalue weighted by molar-refractivity contribution is 5.69. The second-order valence-electron chi connectivity index (χ2n) is 3.74. The summed E-state index contributed by atoms with van der Waals surface area (Å²) in [7, 11) is 4.93. The third-order valence-corrected chi connectivity index (χ3v) is 2.41. The number of rotatable bonds is 6. The summed E-state index contributed by atoms with van der Waals surface area (Å²) in [6.45, 7) is 1.33. The monoisotopic (exact) mass is 238 g/mol. The van der Waals surface area contributed by atoms with Gasteiger partial charge in [-0.15, -0.1) is 0 Å². The third kappa shape index (κ3) is 4.40. The molecule has 0 unspecified atom stereocenters. The van der Waals surface area contributed by atoms with Gasteiger partial charge in [0.05, 0.1) is 20.6 Å². The lowest BCUT2D eigenvalue weighted by atomic mass is 10.2. The van der Waals surface area contributed by atoms with Gasteiger partial charge in [-0.1, -0.05) is 6.07 Å². The van der Waals surface area contributed by atoms with Gasteiger partial charge in [0.2, 0.25) is 5.88 Å². The molecular formula is C12H18N2O3. The number of hydrogen-bond donors (Lipinski definition) is 0. The Morgan fingerprint density at radius 1 is 1.47 bits per heavy atom. The molecule has 0 atom stereocenters. The summed E-state index contributed by atoms with van der Waals surface area (Å²) in [4.78, 5) is 17.2. The predicted molar refractivity (Wildman–Crippen MR) is 63.8 cm³/mol. The molecule has 0 amide bonds. The van der Waals surface area contributed by atoms with Gasteiger partial charge >= 0.3 is 5.97 Å². The second-order valence-corrected chi connectivity index (χ2v) is 3.74. The number of ether oxygens (including phenoxy) is 2. The molecule has 94 valence electrons. The Balaban J connectivity index is 2.50. The van der Waals surface area contributed by atoms with Gasteiger partial charge in [-0.2, -0.15) is 0 Å². The average molecular weight is 238 g/mol. The number of carbonyl (C=O) groups excluding carboxylic acids is 1. The molecule has 5 nitrogen and oxygen atoms in total. The van der Waals surface area contributed by atoms with Crippen molar-refractivity contribution in [3.63, 3.8) is 0 Å². The fourth-order valence-corrected chi connectivity index (χ4v) is 1.48. The molecule has 5 heteroatoms. The van der Waals surface area contributed by atoms with Crippen LogP contribution in [0.1, 0.15) is 12.0 Å². The number of nitrogens with zero attached hydrogens (tertiary/aromatic N) is 2. The van der Waals surface area contributed by atoms with Crippen LogP contribution in [0.15, 0.2) is 18.3 Å². The lowest BCUT2D eigenvalue weighted by Crippen LogP contribution is -2.22. The molecule has 0 aliphatic carbocycles. The molecule has 0 aromatic carbocycles. The maximum Gasteiger partial charge on any atom is 0.306 e. The van der Waals surface area contributed by atoms with Crippen LogP contribution in [-0.4, -0.2) is 43.7 Å². The Bertz CT molecular complexity index is 369. The summed E-state index contributed by atoms with van der Waals surface area (Å²) < 4.78 is 9.76. The van der Waals surface area contributed by atoms with Crippen molar-refractivity contribution in [2.24, 2.45) is 0 Å². The predicted octanol–water partition coefficient (Wildman–Crippen LogP) is 1.09.